The van der Waals surface area contributed by atoms with Crippen LogP contribution in [0.4, 0.5) is 13.2 Å². The number of alkyl halides is 3. The molecule has 0 aliphatic carbocycles. The number of nitrogens with zero attached hydrogens (tertiary/aromatic N) is 3. The molecule has 0 saturated heterocycles. The molecule has 0 unspecified atom stereocenters. The maximum Gasteiger partial charge on any atom is 0.416 e. The Balaban J connectivity index is 2.09. The fourth-order valence-corrected chi connectivity index (χ4v) is 4.02. The zero-order chi connectivity index (χ0) is 17.7. The van der Waals surface area contributed by atoms with E-state index in [0.29, 0.717) is 0 Å². The zero-order valence-electron chi connectivity index (χ0n) is 11.8. The monoisotopic (exact) mass is 396 g/mol. The first-order valence-corrected chi connectivity index (χ1v) is 8.96. The smallest absolute Gasteiger partial charge is 0.217 e. The Hall–Kier alpha value is -1.69. The van der Waals surface area contributed by atoms with Crippen LogP contribution in [0.2, 0.25) is 5.02 Å². The van der Waals surface area contributed by atoms with E-state index >= 15 is 0 Å². The van der Waals surface area contributed by atoms with Crippen molar-refractivity contribution in [2.75, 3.05) is 7.05 Å². The normalized spacial score (nSPS) is 12.9. The Morgan fingerprint density at radius 1 is 1.33 bits per heavy atom. The quantitative estimate of drug-likeness (QED) is 0.738. The molecule has 3 rings (SSSR count). The molecular formula is C12H8ClF3N4O2S2. The van der Waals surface area contributed by atoms with Crippen LogP contribution >= 0.6 is 22.9 Å². The minimum absolute atomic E-state index is 0.0854. The first kappa shape index (κ1) is 17.1. The van der Waals surface area contributed by atoms with Gasteiger partial charge in [0, 0.05) is 5.56 Å². The lowest BCUT2D eigenvalue weighted by Gasteiger charge is -2.08. The molecule has 2 heterocycles. The first-order chi connectivity index (χ1) is 11.1. The number of nitrogens with one attached hydrogen (secondary N) is 1. The molecule has 3 aromatic rings. The van der Waals surface area contributed by atoms with Crippen LogP contribution < -0.4 is 4.72 Å². The highest BCUT2D eigenvalue weighted by molar-refractivity contribution is 7.91. The number of sulfonamides is 1. The molecule has 0 fully saturated rings. The molecule has 0 aliphatic heterocycles. The van der Waals surface area contributed by atoms with E-state index < -0.39 is 21.8 Å². The summed E-state index contributed by atoms with van der Waals surface area (Å²) in [6, 6.07) is 2.90. The lowest BCUT2D eigenvalue weighted by molar-refractivity contribution is -0.137. The van der Waals surface area contributed by atoms with Gasteiger partial charge in [-0.15, -0.1) is 5.10 Å². The SMILES string of the molecule is CNS(=O)(=O)c1nn2cc(-c3cc(C(F)(F)F)ccc3Cl)nc2s1. The number of fused-ring (bicyclic) bond motifs is 1. The van der Waals surface area contributed by atoms with Gasteiger partial charge in [0.1, 0.15) is 0 Å². The van der Waals surface area contributed by atoms with Gasteiger partial charge in [-0.25, -0.2) is 22.6 Å². The van der Waals surface area contributed by atoms with Crippen molar-refractivity contribution in [1.82, 2.24) is 19.3 Å². The summed E-state index contributed by atoms with van der Waals surface area (Å²) < 4.78 is 65.0. The lowest BCUT2D eigenvalue weighted by atomic mass is 10.1. The van der Waals surface area contributed by atoms with Crippen LogP contribution in [0.3, 0.4) is 0 Å². The molecule has 0 atom stereocenters. The molecule has 12 heteroatoms. The molecule has 1 N–H and O–H groups in total. The topological polar surface area (TPSA) is 76.4 Å². The molecule has 24 heavy (non-hydrogen) atoms. The second-order valence-electron chi connectivity index (χ2n) is 4.62. The summed E-state index contributed by atoms with van der Waals surface area (Å²) in [5.41, 5.74) is -0.606. The van der Waals surface area contributed by atoms with Gasteiger partial charge in [0.25, 0.3) is 10.0 Å². The minimum Gasteiger partial charge on any atom is -0.217 e. The van der Waals surface area contributed by atoms with Gasteiger partial charge >= 0.3 is 6.18 Å². The average Bonchev–Trinajstić information content (AvgIpc) is 3.05. The number of halogens is 4. The fraction of sp³-hybridized carbons (Fsp3) is 0.167. The molecule has 2 aromatic heterocycles. The van der Waals surface area contributed by atoms with E-state index in [-0.39, 0.29) is 25.6 Å². The summed E-state index contributed by atoms with van der Waals surface area (Å²) in [5, 5.41) is 3.95. The molecular weight excluding hydrogens is 389 g/mol. The largest absolute Gasteiger partial charge is 0.416 e. The molecule has 6 nitrogen and oxygen atoms in total. The van der Waals surface area contributed by atoms with Gasteiger partial charge in [-0.1, -0.05) is 22.9 Å². The fourth-order valence-electron chi connectivity index (χ4n) is 1.91. The van der Waals surface area contributed by atoms with Crippen molar-refractivity contribution in [3.63, 3.8) is 0 Å². The second kappa shape index (κ2) is 5.69. The zero-order valence-corrected chi connectivity index (χ0v) is 14.2. The number of hydrogen-bond acceptors (Lipinski definition) is 5. The Morgan fingerprint density at radius 2 is 2.04 bits per heavy atom. The second-order valence-corrected chi connectivity index (χ2v) is 8.04. The van der Waals surface area contributed by atoms with Gasteiger partial charge < -0.3 is 0 Å². The van der Waals surface area contributed by atoms with Crippen molar-refractivity contribution in [1.29, 1.82) is 0 Å². The van der Waals surface area contributed by atoms with Crippen molar-refractivity contribution in [2.45, 2.75) is 10.5 Å². The van der Waals surface area contributed by atoms with Crippen LogP contribution in [0.25, 0.3) is 16.2 Å². The molecule has 0 aliphatic rings. The summed E-state index contributed by atoms with van der Waals surface area (Å²) >= 11 is 6.75. The highest BCUT2D eigenvalue weighted by atomic mass is 35.5. The summed E-state index contributed by atoms with van der Waals surface area (Å²) in [4.78, 5) is 4.33. The van der Waals surface area contributed by atoms with Crippen molar-refractivity contribution in [2.24, 2.45) is 0 Å². The molecule has 128 valence electrons. The third kappa shape index (κ3) is 2.99. The number of benzene rings is 1. The third-order valence-electron chi connectivity index (χ3n) is 3.09. The van der Waals surface area contributed by atoms with Crippen molar-refractivity contribution < 1.29 is 21.6 Å². The number of rotatable bonds is 3. The maximum absolute atomic E-state index is 12.8. The third-order valence-corrected chi connectivity index (χ3v) is 6.13. The number of hydrogen-bond donors (Lipinski definition) is 1. The van der Waals surface area contributed by atoms with Crippen molar-refractivity contribution in [3.8, 4) is 11.3 Å². The van der Waals surface area contributed by atoms with Crippen LogP contribution in [-0.4, -0.2) is 30.1 Å². The van der Waals surface area contributed by atoms with Crippen LogP contribution in [-0.2, 0) is 16.2 Å². The Morgan fingerprint density at radius 3 is 2.62 bits per heavy atom. The predicted octanol–water partition coefficient (Wildman–Crippen LogP) is 3.04. The lowest BCUT2D eigenvalue weighted by Crippen LogP contribution is -2.18. The molecule has 0 saturated carbocycles. The highest BCUT2D eigenvalue weighted by Gasteiger charge is 2.31. The van der Waals surface area contributed by atoms with E-state index in [4.69, 9.17) is 11.6 Å². The summed E-state index contributed by atoms with van der Waals surface area (Å²) in [7, 11) is -2.48. The van der Waals surface area contributed by atoms with E-state index in [1.807, 2.05) is 0 Å². The number of aromatic nitrogens is 3. The van der Waals surface area contributed by atoms with Gasteiger partial charge in [-0.05, 0) is 25.2 Å². The predicted molar refractivity (Wildman–Crippen MR) is 82.6 cm³/mol. The van der Waals surface area contributed by atoms with E-state index in [0.717, 1.165) is 29.5 Å². The van der Waals surface area contributed by atoms with Crippen molar-refractivity contribution in [3.05, 3.63) is 35.0 Å². The van der Waals surface area contributed by atoms with Gasteiger partial charge in [-0.2, -0.15) is 13.2 Å². The Bertz CT molecular complexity index is 995. The van der Waals surface area contributed by atoms with Crippen molar-refractivity contribution >= 4 is 37.9 Å². The van der Waals surface area contributed by atoms with E-state index in [1.165, 1.54) is 17.8 Å². The van der Waals surface area contributed by atoms with Crippen LogP contribution in [0.15, 0.2) is 28.7 Å². The highest BCUT2D eigenvalue weighted by Crippen LogP contribution is 2.36. The first-order valence-electron chi connectivity index (χ1n) is 6.29. The minimum atomic E-state index is -4.51. The molecule has 0 radical (unpaired) electrons. The van der Waals surface area contributed by atoms with Gasteiger partial charge in [0.2, 0.25) is 9.30 Å². The van der Waals surface area contributed by atoms with E-state index in [2.05, 4.69) is 14.8 Å². The van der Waals surface area contributed by atoms with Crippen LogP contribution in [0.5, 0.6) is 0 Å². The van der Waals surface area contributed by atoms with Gasteiger partial charge in [0.15, 0.2) is 0 Å². The maximum atomic E-state index is 12.8. The molecule has 1 aromatic carbocycles. The van der Waals surface area contributed by atoms with Crippen LogP contribution in [0, 0.1) is 0 Å². The number of imidazole rings is 1. The van der Waals surface area contributed by atoms with Gasteiger partial charge in [0.05, 0.1) is 22.5 Å². The average molecular weight is 397 g/mol. The Kier molecular flexibility index (Phi) is 4.06. The summed E-state index contributed by atoms with van der Waals surface area (Å²) in [6.07, 6.45) is -3.19. The molecule has 0 bridgehead atoms. The van der Waals surface area contributed by atoms with E-state index in [1.54, 1.807) is 0 Å². The summed E-state index contributed by atoms with van der Waals surface area (Å²) in [5.74, 6) is 0. The Labute approximate surface area is 142 Å². The van der Waals surface area contributed by atoms with Crippen LogP contribution in [0.1, 0.15) is 5.56 Å². The molecule has 0 amide bonds. The molecule has 0 spiro atoms. The van der Waals surface area contributed by atoms with E-state index in [9.17, 15) is 21.6 Å². The van der Waals surface area contributed by atoms with Gasteiger partial charge in [-0.3, -0.25) is 0 Å². The standard InChI is InChI=1S/C12H8ClF3N4O2S2/c1-17-24(21,22)11-19-20-5-9(18-10(20)23-11)7-4-6(12(14,15)16)2-3-8(7)13/h2-5,17H,1H3. The summed E-state index contributed by atoms with van der Waals surface area (Å²) in [6.45, 7) is 0.